The highest BCUT2D eigenvalue weighted by Crippen LogP contribution is 2.11. The molecule has 1 unspecified atom stereocenters. The molecule has 0 saturated carbocycles. The molecule has 1 amide bonds. The van der Waals surface area contributed by atoms with Crippen molar-refractivity contribution in [3.63, 3.8) is 0 Å². The molecule has 1 saturated heterocycles. The van der Waals surface area contributed by atoms with Crippen molar-refractivity contribution < 1.29 is 14.6 Å². The molecule has 0 aromatic rings. The van der Waals surface area contributed by atoms with E-state index in [4.69, 9.17) is 10.5 Å². The van der Waals surface area contributed by atoms with Gasteiger partial charge in [-0.3, -0.25) is 4.90 Å². The minimum absolute atomic E-state index is 0.262. The van der Waals surface area contributed by atoms with Crippen molar-refractivity contribution in [3.05, 3.63) is 0 Å². The van der Waals surface area contributed by atoms with E-state index < -0.39 is 11.7 Å². The first-order valence-corrected chi connectivity index (χ1v) is 6.40. The number of hydrogen-bond acceptors (Lipinski definition) is 5. The van der Waals surface area contributed by atoms with E-state index in [0.717, 1.165) is 13.1 Å². The van der Waals surface area contributed by atoms with Gasteiger partial charge in [0.25, 0.3) is 0 Å². The van der Waals surface area contributed by atoms with Gasteiger partial charge in [-0.05, 0) is 20.8 Å². The lowest BCUT2D eigenvalue weighted by molar-refractivity contribution is 0.0106. The Kier molecular flexibility index (Phi) is 5.37. The summed E-state index contributed by atoms with van der Waals surface area (Å²) in [4.78, 5) is 15.6. The Morgan fingerprint density at radius 1 is 1.33 bits per heavy atom. The summed E-state index contributed by atoms with van der Waals surface area (Å²) in [7, 11) is 0. The van der Waals surface area contributed by atoms with Gasteiger partial charge in [0.1, 0.15) is 5.60 Å². The maximum Gasteiger partial charge on any atom is 0.410 e. The number of piperazine rings is 1. The molecule has 6 nitrogen and oxygen atoms in total. The van der Waals surface area contributed by atoms with Crippen LogP contribution >= 0.6 is 0 Å². The molecule has 0 spiro atoms. The normalized spacial score (nSPS) is 19.7. The predicted octanol–water partition coefficient (Wildman–Crippen LogP) is -0.141. The SMILES string of the molecule is CC(C)(C)OC(=O)N1CCN(CC(O)CN)CC1. The topological polar surface area (TPSA) is 79.0 Å². The second-order valence-corrected chi connectivity index (χ2v) is 5.66. The molecule has 0 aliphatic carbocycles. The Labute approximate surface area is 109 Å². The first-order chi connectivity index (χ1) is 8.31. The molecule has 18 heavy (non-hydrogen) atoms. The summed E-state index contributed by atoms with van der Waals surface area (Å²) >= 11 is 0. The average molecular weight is 259 g/mol. The number of hydrogen-bond donors (Lipinski definition) is 2. The molecule has 1 heterocycles. The Hall–Kier alpha value is -0.850. The number of amides is 1. The number of β-amino-alcohol motifs (C(OH)–C–C–N with tert-alkyl or cyclic N) is 1. The van der Waals surface area contributed by atoms with Crippen molar-refractivity contribution in [2.45, 2.75) is 32.5 Å². The third-order valence-corrected chi connectivity index (χ3v) is 2.77. The van der Waals surface area contributed by atoms with Crippen molar-refractivity contribution in [1.29, 1.82) is 0 Å². The van der Waals surface area contributed by atoms with Crippen LogP contribution in [0.3, 0.4) is 0 Å². The van der Waals surface area contributed by atoms with Gasteiger partial charge in [-0.1, -0.05) is 0 Å². The molecule has 1 aliphatic heterocycles. The molecule has 0 bridgehead atoms. The van der Waals surface area contributed by atoms with E-state index >= 15 is 0 Å². The number of ether oxygens (including phenoxy) is 1. The van der Waals surface area contributed by atoms with Gasteiger partial charge in [-0.25, -0.2) is 4.79 Å². The first kappa shape index (κ1) is 15.2. The van der Waals surface area contributed by atoms with Gasteiger partial charge in [0.2, 0.25) is 0 Å². The highest BCUT2D eigenvalue weighted by molar-refractivity contribution is 5.68. The van der Waals surface area contributed by atoms with Crippen molar-refractivity contribution in [3.8, 4) is 0 Å². The van der Waals surface area contributed by atoms with Crippen molar-refractivity contribution >= 4 is 6.09 Å². The van der Waals surface area contributed by atoms with E-state index in [1.165, 1.54) is 0 Å². The Bertz CT molecular complexity index is 270. The average Bonchev–Trinajstić information content (AvgIpc) is 2.27. The fraction of sp³-hybridized carbons (Fsp3) is 0.917. The summed E-state index contributed by atoms with van der Waals surface area (Å²) in [5.41, 5.74) is 4.92. The van der Waals surface area contributed by atoms with Crippen LogP contribution in [-0.4, -0.2) is 72.0 Å². The lowest BCUT2D eigenvalue weighted by Crippen LogP contribution is -2.52. The Balaban J connectivity index is 2.33. The summed E-state index contributed by atoms with van der Waals surface area (Å²) < 4.78 is 5.31. The van der Waals surface area contributed by atoms with Gasteiger partial charge in [-0.15, -0.1) is 0 Å². The molecule has 3 N–H and O–H groups in total. The van der Waals surface area contributed by atoms with E-state index in [0.29, 0.717) is 19.6 Å². The zero-order chi connectivity index (χ0) is 13.8. The minimum atomic E-state index is -0.488. The molecular weight excluding hydrogens is 234 g/mol. The zero-order valence-electron chi connectivity index (χ0n) is 11.6. The number of nitrogens with two attached hydrogens (primary N) is 1. The maximum atomic E-state index is 11.8. The summed E-state index contributed by atoms with van der Waals surface area (Å²) in [6, 6.07) is 0. The van der Waals surface area contributed by atoms with Crippen LogP contribution in [0.4, 0.5) is 4.79 Å². The van der Waals surface area contributed by atoms with Crippen LogP contribution in [0, 0.1) is 0 Å². The fourth-order valence-electron chi connectivity index (χ4n) is 1.81. The van der Waals surface area contributed by atoms with Crippen LogP contribution in [0.2, 0.25) is 0 Å². The molecule has 6 heteroatoms. The van der Waals surface area contributed by atoms with Crippen molar-refractivity contribution in [2.75, 3.05) is 39.3 Å². The molecule has 0 aromatic heterocycles. The second-order valence-electron chi connectivity index (χ2n) is 5.66. The first-order valence-electron chi connectivity index (χ1n) is 6.40. The Morgan fingerprint density at radius 2 is 1.89 bits per heavy atom. The van der Waals surface area contributed by atoms with Crippen molar-refractivity contribution in [2.24, 2.45) is 5.73 Å². The van der Waals surface area contributed by atoms with Gasteiger partial charge in [0.15, 0.2) is 0 Å². The van der Waals surface area contributed by atoms with Gasteiger partial charge >= 0.3 is 6.09 Å². The summed E-state index contributed by atoms with van der Waals surface area (Å²) in [5.74, 6) is 0. The lowest BCUT2D eigenvalue weighted by Gasteiger charge is -2.36. The number of rotatable bonds is 3. The van der Waals surface area contributed by atoms with Gasteiger partial charge in [-0.2, -0.15) is 0 Å². The van der Waals surface area contributed by atoms with Crippen LogP contribution in [0.15, 0.2) is 0 Å². The summed E-state index contributed by atoms with van der Waals surface area (Å²) in [6.45, 7) is 9.17. The van der Waals surface area contributed by atoms with Crippen LogP contribution in [0.5, 0.6) is 0 Å². The predicted molar refractivity (Wildman–Crippen MR) is 69.3 cm³/mol. The van der Waals surface area contributed by atoms with Crippen molar-refractivity contribution in [1.82, 2.24) is 9.80 Å². The number of aliphatic hydroxyl groups excluding tert-OH is 1. The van der Waals surface area contributed by atoms with Crippen LogP contribution in [0.1, 0.15) is 20.8 Å². The van der Waals surface area contributed by atoms with Gasteiger partial charge in [0, 0.05) is 39.3 Å². The summed E-state index contributed by atoms with van der Waals surface area (Å²) in [6.07, 6.45) is -0.750. The lowest BCUT2D eigenvalue weighted by atomic mass is 10.2. The van der Waals surface area contributed by atoms with E-state index in [9.17, 15) is 9.90 Å². The molecule has 1 rings (SSSR count). The molecule has 1 atom stereocenters. The van der Waals surface area contributed by atoms with Gasteiger partial charge < -0.3 is 20.5 Å². The number of aliphatic hydroxyl groups is 1. The van der Waals surface area contributed by atoms with E-state index in [2.05, 4.69) is 4.90 Å². The fourth-order valence-corrected chi connectivity index (χ4v) is 1.81. The van der Waals surface area contributed by atoms with E-state index in [1.807, 2.05) is 20.8 Å². The highest BCUT2D eigenvalue weighted by atomic mass is 16.6. The molecule has 106 valence electrons. The quantitative estimate of drug-likeness (QED) is 0.737. The van der Waals surface area contributed by atoms with Crippen LogP contribution in [0.25, 0.3) is 0 Å². The third-order valence-electron chi connectivity index (χ3n) is 2.77. The minimum Gasteiger partial charge on any atom is -0.444 e. The Morgan fingerprint density at radius 3 is 2.33 bits per heavy atom. The van der Waals surface area contributed by atoms with Crippen LogP contribution in [-0.2, 0) is 4.74 Å². The number of carbonyl (C=O) groups excluding carboxylic acids is 1. The van der Waals surface area contributed by atoms with E-state index in [1.54, 1.807) is 4.90 Å². The third kappa shape index (κ3) is 5.20. The zero-order valence-corrected chi connectivity index (χ0v) is 11.6. The second kappa shape index (κ2) is 6.36. The molecular formula is C12H25N3O3. The number of carbonyl (C=O) groups is 1. The molecule has 1 aliphatic rings. The molecule has 1 fully saturated rings. The maximum absolute atomic E-state index is 11.8. The molecule has 0 aromatic carbocycles. The molecule has 0 radical (unpaired) electrons. The summed E-state index contributed by atoms with van der Waals surface area (Å²) in [5, 5.41) is 9.47. The monoisotopic (exact) mass is 259 g/mol. The standard InChI is InChI=1S/C12H25N3O3/c1-12(2,3)18-11(17)15-6-4-14(5-7-15)9-10(16)8-13/h10,16H,4-9,13H2,1-3H3. The van der Waals surface area contributed by atoms with Gasteiger partial charge in [0.05, 0.1) is 6.10 Å². The number of nitrogens with zero attached hydrogens (tertiary/aromatic N) is 2. The smallest absolute Gasteiger partial charge is 0.410 e. The van der Waals surface area contributed by atoms with Crippen LogP contribution < -0.4 is 5.73 Å². The van der Waals surface area contributed by atoms with E-state index in [-0.39, 0.29) is 12.6 Å². The largest absolute Gasteiger partial charge is 0.444 e. The highest BCUT2D eigenvalue weighted by Gasteiger charge is 2.26.